The van der Waals surface area contributed by atoms with Crippen LogP contribution in [-0.4, -0.2) is 31.3 Å². The molecular formula is C6H10F2N4O. The summed E-state index contributed by atoms with van der Waals surface area (Å²) in [6, 6.07) is 0. The normalized spacial score (nSPS) is 16.8. The summed E-state index contributed by atoms with van der Waals surface area (Å²) in [6.45, 7) is -0.634. The molecule has 0 saturated heterocycles. The van der Waals surface area contributed by atoms with Crippen LogP contribution in [0.4, 0.5) is 8.78 Å². The highest BCUT2D eigenvalue weighted by Gasteiger charge is 2.22. The van der Waals surface area contributed by atoms with Crippen LogP contribution in [0, 0.1) is 0 Å². The molecule has 0 unspecified atom stereocenters. The van der Waals surface area contributed by atoms with E-state index in [9.17, 15) is 8.78 Å². The molecule has 1 rings (SSSR count). The molecule has 13 heavy (non-hydrogen) atoms. The molecule has 0 aliphatic carbocycles. The summed E-state index contributed by atoms with van der Waals surface area (Å²) < 4.78 is 29.5. The Kier molecular flexibility index (Phi) is 2.88. The largest absolute Gasteiger partial charge is 0.480 e. The molecule has 0 saturated carbocycles. The maximum atomic E-state index is 12.7. The van der Waals surface area contributed by atoms with Crippen LogP contribution in [0.2, 0.25) is 0 Å². The average molecular weight is 192 g/mol. The van der Waals surface area contributed by atoms with E-state index in [1.807, 2.05) is 0 Å². The molecular weight excluding hydrogens is 182 g/mol. The van der Waals surface area contributed by atoms with Gasteiger partial charge in [0.1, 0.15) is 6.67 Å². The van der Waals surface area contributed by atoms with E-state index in [1.54, 1.807) is 0 Å². The third-order valence-corrected chi connectivity index (χ3v) is 1.47. The number of methoxy groups -OCH3 is 1. The first kappa shape index (κ1) is 9.56. The van der Waals surface area contributed by atoms with Crippen molar-refractivity contribution in [1.29, 1.82) is 0 Å². The van der Waals surface area contributed by atoms with Crippen LogP contribution in [0.5, 0.6) is 0 Å². The summed E-state index contributed by atoms with van der Waals surface area (Å²) >= 11 is 0. The van der Waals surface area contributed by atoms with Crippen LogP contribution in [0.25, 0.3) is 0 Å². The molecule has 0 radical (unpaired) electrons. The maximum absolute atomic E-state index is 12.7. The molecule has 0 amide bonds. The molecule has 0 aromatic heterocycles. The molecule has 0 aromatic rings. The summed E-state index contributed by atoms with van der Waals surface area (Å²) in [5, 5.41) is 4.38. The van der Waals surface area contributed by atoms with Crippen LogP contribution in [0.1, 0.15) is 0 Å². The minimum absolute atomic E-state index is 0.0132. The smallest absolute Gasteiger partial charge is 0.260 e. The standard InChI is InChI=1S/C6H10F2N4O/c1-13-6-4(9)5(8)10-11-12(6)3-2-7/h11H,2-3,9H2,1H3. The lowest BCUT2D eigenvalue weighted by atomic mass is 10.4. The van der Waals surface area contributed by atoms with Crippen molar-refractivity contribution < 1.29 is 13.5 Å². The highest BCUT2D eigenvalue weighted by molar-refractivity contribution is 5.92. The zero-order valence-corrected chi connectivity index (χ0v) is 7.05. The number of rotatable bonds is 3. The second-order valence-electron chi connectivity index (χ2n) is 2.27. The number of hydrazone groups is 1. The summed E-state index contributed by atoms with van der Waals surface area (Å²) in [4.78, 5) is 0. The monoisotopic (exact) mass is 192 g/mol. The second kappa shape index (κ2) is 3.92. The van der Waals surface area contributed by atoms with Crippen LogP contribution in [0.15, 0.2) is 16.7 Å². The van der Waals surface area contributed by atoms with E-state index < -0.39 is 12.6 Å². The van der Waals surface area contributed by atoms with Crippen LogP contribution >= 0.6 is 0 Å². The first-order valence-corrected chi connectivity index (χ1v) is 3.57. The lowest BCUT2D eigenvalue weighted by Crippen LogP contribution is -2.42. The molecule has 1 aliphatic heterocycles. The third kappa shape index (κ3) is 1.79. The van der Waals surface area contributed by atoms with Crippen LogP contribution in [0.3, 0.4) is 0 Å². The summed E-state index contributed by atoms with van der Waals surface area (Å²) in [5.74, 6) is -0.836. The zero-order valence-electron chi connectivity index (χ0n) is 7.05. The minimum atomic E-state index is -0.869. The van der Waals surface area contributed by atoms with Gasteiger partial charge in [0, 0.05) is 0 Å². The Morgan fingerprint density at radius 2 is 2.38 bits per heavy atom. The molecule has 0 atom stereocenters. The van der Waals surface area contributed by atoms with Crippen molar-refractivity contribution in [3.63, 3.8) is 0 Å². The number of nitrogens with zero attached hydrogens (tertiary/aromatic N) is 2. The zero-order chi connectivity index (χ0) is 9.84. The van der Waals surface area contributed by atoms with Crippen molar-refractivity contribution in [2.24, 2.45) is 10.8 Å². The highest BCUT2D eigenvalue weighted by Crippen LogP contribution is 2.11. The summed E-state index contributed by atoms with van der Waals surface area (Å²) in [6.07, 6.45) is 0. The average Bonchev–Trinajstić information content (AvgIpc) is 2.12. The number of ether oxygens (including phenoxy) is 1. The van der Waals surface area contributed by atoms with Gasteiger partial charge in [0.05, 0.1) is 13.7 Å². The molecule has 1 aliphatic rings. The Morgan fingerprint density at radius 1 is 1.69 bits per heavy atom. The number of allylic oxidation sites excluding steroid dienone is 1. The van der Waals surface area contributed by atoms with E-state index in [0.29, 0.717) is 0 Å². The second-order valence-corrected chi connectivity index (χ2v) is 2.27. The van der Waals surface area contributed by atoms with Gasteiger partial charge in [-0.1, -0.05) is 0 Å². The Hall–Kier alpha value is -1.53. The van der Waals surface area contributed by atoms with Gasteiger partial charge in [-0.15, -0.1) is 5.10 Å². The van der Waals surface area contributed by atoms with Gasteiger partial charge >= 0.3 is 0 Å². The Labute approximate surface area is 73.8 Å². The van der Waals surface area contributed by atoms with E-state index in [-0.39, 0.29) is 18.1 Å². The molecule has 0 spiro atoms. The fraction of sp³-hybridized carbons (Fsp3) is 0.500. The SMILES string of the molecule is COC1=C(N)C(F)=NNN1CCF. The van der Waals surface area contributed by atoms with Crippen molar-refractivity contribution in [3.8, 4) is 0 Å². The van der Waals surface area contributed by atoms with Crippen molar-refractivity contribution in [2.45, 2.75) is 0 Å². The van der Waals surface area contributed by atoms with E-state index in [1.165, 1.54) is 12.1 Å². The predicted molar refractivity (Wildman–Crippen MR) is 42.6 cm³/mol. The Bertz CT molecular complexity index is 253. The van der Waals surface area contributed by atoms with Gasteiger partial charge in [-0.3, -0.25) is 0 Å². The van der Waals surface area contributed by atoms with Gasteiger partial charge in [0.2, 0.25) is 5.88 Å². The number of nitrogens with one attached hydrogen (secondary N) is 1. The number of hydrogen-bond donors (Lipinski definition) is 2. The van der Waals surface area contributed by atoms with E-state index in [0.717, 1.165) is 0 Å². The van der Waals surface area contributed by atoms with Crippen LogP contribution < -0.4 is 11.3 Å². The maximum Gasteiger partial charge on any atom is 0.260 e. The van der Waals surface area contributed by atoms with Gasteiger partial charge in [-0.25, -0.2) is 14.9 Å². The summed E-state index contributed by atoms with van der Waals surface area (Å²) in [5.41, 5.74) is 7.30. The molecule has 3 N–H and O–H groups in total. The van der Waals surface area contributed by atoms with E-state index in [4.69, 9.17) is 10.5 Å². The lowest BCUT2D eigenvalue weighted by molar-refractivity contribution is 0.0963. The topological polar surface area (TPSA) is 62.9 Å². The molecule has 0 aromatic carbocycles. The highest BCUT2D eigenvalue weighted by atomic mass is 19.1. The molecule has 0 bridgehead atoms. The van der Waals surface area contributed by atoms with Crippen molar-refractivity contribution in [2.75, 3.05) is 20.3 Å². The number of nitrogens with two attached hydrogens (primary N) is 1. The molecule has 0 fully saturated rings. The first-order chi connectivity index (χ1) is 6.20. The molecule has 5 nitrogen and oxygen atoms in total. The van der Waals surface area contributed by atoms with Gasteiger partial charge in [-0.2, -0.15) is 4.39 Å². The fourth-order valence-electron chi connectivity index (χ4n) is 0.900. The fourth-order valence-corrected chi connectivity index (χ4v) is 0.900. The number of halogens is 2. The minimum Gasteiger partial charge on any atom is -0.480 e. The predicted octanol–water partition coefficient (Wildman–Crippen LogP) is -0.167. The summed E-state index contributed by atoms with van der Waals surface area (Å²) in [7, 11) is 1.31. The number of hydrogen-bond acceptors (Lipinski definition) is 5. The first-order valence-electron chi connectivity index (χ1n) is 3.57. The van der Waals surface area contributed by atoms with Crippen molar-refractivity contribution in [3.05, 3.63) is 11.6 Å². The lowest BCUT2D eigenvalue weighted by Gasteiger charge is -2.27. The Balaban J connectivity index is 2.83. The quantitative estimate of drug-likeness (QED) is 0.651. The molecule has 74 valence electrons. The third-order valence-electron chi connectivity index (χ3n) is 1.47. The Morgan fingerprint density at radius 3 is 2.92 bits per heavy atom. The van der Waals surface area contributed by atoms with E-state index in [2.05, 4.69) is 10.6 Å². The van der Waals surface area contributed by atoms with Gasteiger partial charge in [0.25, 0.3) is 5.97 Å². The van der Waals surface area contributed by atoms with Gasteiger partial charge in [-0.05, 0) is 0 Å². The van der Waals surface area contributed by atoms with Gasteiger partial charge in [0.15, 0.2) is 5.70 Å². The van der Waals surface area contributed by atoms with E-state index >= 15 is 0 Å². The number of alkyl halides is 1. The van der Waals surface area contributed by atoms with Crippen molar-refractivity contribution >= 4 is 5.97 Å². The molecule has 7 heteroatoms. The van der Waals surface area contributed by atoms with Gasteiger partial charge < -0.3 is 10.5 Å². The molecule has 1 heterocycles. The number of hydrazine groups is 1. The van der Waals surface area contributed by atoms with Crippen molar-refractivity contribution in [1.82, 2.24) is 10.5 Å². The van der Waals surface area contributed by atoms with Crippen LogP contribution in [-0.2, 0) is 4.74 Å².